The molecule has 0 aliphatic heterocycles. The van der Waals surface area contributed by atoms with E-state index in [0.29, 0.717) is 0 Å². The third-order valence-corrected chi connectivity index (χ3v) is 7.11. The number of nitriles is 2. The number of hydrogen-bond acceptors (Lipinski definition) is 4. The maximum Gasteiger partial charge on any atom is 0.131 e. The normalized spacial score (nSPS) is 10.4. The first-order chi connectivity index (χ1) is 17.2. The number of nitrogens with zero attached hydrogens (tertiary/aromatic N) is 3. The van der Waals surface area contributed by atoms with Gasteiger partial charge in [0, 0.05) is 26.5 Å². The van der Waals surface area contributed by atoms with Crippen LogP contribution in [0.15, 0.2) is 109 Å². The minimum absolute atomic E-state index is 0.113. The van der Waals surface area contributed by atoms with Crippen LogP contribution in [-0.2, 0) is 0 Å². The van der Waals surface area contributed by atoms with Crippen molar-refractivity contribution in [2.45, 2.75) is 6.92 Å². The first-order valence-corrected chi connectivity index (χ1v) is 12.1. The Hall–Kier alpha value is -4.64. The van der Waals surface area contributed by atoms with E-state index in [1.807, 2.05) is 24.3 Å². The lowest BCUT2D eigenvalue weighted by Gasteiger charge is -2.27. The van der Waals surface area contributed by atoms with Crippen molar-refractivity contribution < 1.29 is 0 Å². The highest BCUT2D eigenvalue weighted by molar-refractivity contribution is 7.16. The smallest absolute Gasteiger partial charge is 0.131 e. The molecule has 5 rings (SSSR count). The Morgan fingerprint density at radius 1 is 0.771 bits per heavy atom. The highest BCUT2D eigenvalue weighted by atomic mass is 32.1. The van der Waals surface area contributed by atoms with Gasteiger partial charge in [-0.3, -0.25) is 0 Å². The van der Waals surface area contributed by atoms with E-state index in [2.05, 4.69) is 103 Å². The second-order valence-electron chi connectivity index (χ2n) is 8.16. The van der Waals surface area contributed by atoms with Gasteiger partial charge in [-0.25, -0.2) is 0 Å². The lowest BCUT2D eigenvalue weighted by atomic mass is 10.1. The number of allylic oxidation sites excluding steroid dienone is 1. The topological polar surface area (TPSA) is 50.8 Å². The molecule has 0 saturated carbocycles. The molecule has 0 atom stereocenters. The largest absolute Gasteiger partial charge is 0.310 e. The van der Waals surface area contributed by atoms with Crippen LogP contribution in [0.2, 0.25) is 0 Å². The van der Waals surface area contributed by atoms with Crippen LogP contribution in [0.3, 0.4) is 0 Å². The lowest BCUT2D eigenvalue weighted by Crippen LogP contribution is -2.10. The Labute approximate surface area is 209 Å². The van der Waals surface area contributed by atoms with Gasteiger partial charge in [0.2, 0.25) is 0 Å². The summed E-state index contributed by atoms with van der Waals surface area (Å²) >= 11 is 1.59. The average Bonchev–Trinajstić information content (AvgIpc) is 3.28. The molecule has 0 N–H and O–H groups in total. The zero-order chi connectivity index (χ0) is 24.2. The second-order valence-corrected chi connectivity index (χ2v) is 9.24. The van der Waals surface area contributed by atoms with Gasteiger partial charge >= 0.3 is 0 Å². The van der Waals surface area contributed by atoms with Crippen LogP contribution in [0.25, 0.3) is 27.3 Å². The van der Waals surface area contributed by atoms with Gasteiger partial charge in [0.25, 0.3) is 0 Å². The molecule has 0 aliphatic carbocycles. The Bertz CT molecular complexity index is 1590. The quantitative estimate of drug-likeness (QED) is 0.243. The van der Waals surface area contributed by atoms with Crippen LogP contribution in [0, 0.1) is 29.6 Å². The summed E-state index contributed by atoms with van der Waals surface area (Å²) < 4.78 is 0. The van der Waals surface area contributed by atoms with E-state index in [4.69, 9.17) is 10.5 Å². The molecule has 0 fully saturated rings. The van der Waals surface area contributed by atoms with E-state index in [1.54, 1.807) is 17.4 Å². The summed E-state index contributed by atoms with van der Waals surface area (Å²) in [5.74, 6) is 0. The minimum atomic E-state index is 0.113. The molecule has 5 aromatic rings. The van der Waals surface area contributed by atoms with Gasteiger partial charge in [0.1, 0.15) is 17.7 Å². The van der Waals surface area contributed by atoms with Crippen LogP contribution in [0.1, 0.15) is 10.4 Å². The molecular weight excluding hydrogens is 446 g/mol. The molecule has 0 unspecified atom stereocenters. The van der Waals surface area contributed by atoms with Crippen molar-refractivity contribution in [3.8, 4) is 22.6 Å². The number of aryl methyl sites for hydroxylation is 1. The molecular formula is C31H21N3S. The number of rotatable bonds is 5. The molecule has 35 heavy (non-hydrogen) atoms. The average molecular weight is 468 g/mol. The number of para-hydroxylation sites is 1. The standard InChI is InChI=1S/C31H21N3S/c1-22-18-28(19-23(20-32)21-33)35-31(22)25-14-16-27(17-15-25)34(26-10-3-2-4-11-26)30-13-7-9-24-8-5-6-12-29(24)30/h2-19H,1H3. The van der Waals surface area contributed by atoms with Gasteiger partial charge < -0.3 is 4.90 Å². The van der Waals surface area contributed by atoms with Crippen LogP contribution >= 0.6 is 11.3 Å². The van der Waals surface area contributed by atoms with Crippen LogP contribution in [-0.4, -0.2) is 0 Å². The predicted molar refractivity (Wildman–Crippen MR) is 146 cm³/mol. The number of hydrogen-bond donors (Lipinski definition) is 0. The van der Waals surface area contributed by atoms with Crippen molar-refractivity contribution in [1.82, 2.24) is 0 Å². The summed E-state index contributed by atoms with van der Waals surface area (Å²) in [7, 11) is 0. The summed E-state index contributed by atoms with van der Waals surface area (Å²) in [5, 5.41) is 20.5. The first kappa shape index (κ1) is 22.2. The summed E-state index contributed by atoms with van der Waals surface area (Å²) in [6.07, 6.45) is 1.65. The third-order valence-electron chi connectivity index (χ3n) is 5.87. The fourth-order valence-electron chi connectivity index (χ4n) is 4.27. The van der Waals surface area contributed by atoms with Crippen LogP contribution in [0.4, 0.5) is 17.1 Å². The molecule has 0 aliphatic rings. The zero-order valence-corrected chi connectivity index (χ0v) is 20.0. The molecule has 0 bridgehead atoms. The van der Waals surface area contributed by atoms with Crippen molar-refractivity contribution >= 4 is 45.2 Å². The summed E-state index contributed by atoms with van der Waals surface area (Å²) in [5.41, 5.74) is 5.64. The van der Waals surface area contributed by atoms with E-state index in [0.717, 1.165) is 37.9 Å². The van der Waals surface area contributed by atoms with Gasteiger partial charge in [0.15, 0.2) is 0 Å². The molecule has 0 radical (unpaired) electrons. The molecule has 0 spiro atoms. The van der Waals surface area contributed by atoms with E-state index in [9.17, 15) is 0 Å². The minimum Gasteiger partial charge on any atom is -0.310 e. The Morgan fingerprint density at radius 2 is 1.43 bits per heavy atom. The molecule has 3 nitrogen and oxygen atoms in total. The lowest BCUT2D eigenvalue weighted by molar-refractivity contribution is 1.30. The van der Waals surface area contributed by atoms with Crippen molar-refractivity contribution in [1.29, 1.82) is 10.5 Å². The van der Waals surface area contributed by atoms with Gasteiger partial charge in [0.05, 0.1) is 5.69 Å². The highest BCUT2D eigenvalue weighted by Crippen LogP contribution is 2.40. The van der Waals surface area contributed by atoms with Crippen LogP contribution in [0.5, 0.6) is 0 Å². The van der Waals surface area contributed by atoms with E-state index < -0.39 is 0 Å². The van der Waals surface area contributed by atoms with Crippen molar-refractivity contribution in [2.75, 3.05) is 4.90 Å². The highest BCUT2D eigenvalue weighted by Gasteiger charge is 2.15. The Kier molecular flexibility index (Phi) is 6.14. The summed E-state index contributed by atoms with van der Waals surface area (Å²) in [6.45, 7) is 2.06. The summed E-state index contributed by atoms with van der Waals surface area (Å²) in [6, 6.07) is 39.7. The predicted octanol–water partition coefficient (Wildman–Crippen LogP) is 8.78. The van der Waals surface area contributed by atoms with Crippen molar-refractivity contribution in [3.05, 3.63) is 119 Å². The molecule has 1 heterocycles. The van der Waals surface area contributed by atoms with Crippen molar-refractivity contribution in [2.24, 2.45) is 0 Å². The SMILES string of the molecule is Cc1cc(C=C(C#N)C#N)sc1-c1ccc(N(c2ccccc2)c2cccc3ccccc23)cc1. The fourth-order valence-corrected chi connectivity index (χ4v) is 5.39. The first-order valence-electron chi connectivity index (χ1n) is 11.2. The number of benzene rings is 4. The number of anilines is 3. The maximum absolute atomic E-state index is 9.08. The maximum atomic E-state index is 9.08. The van der Waals surface area contributed by atoms with Gasteiger partial charge in [-0.2, -0.15) is 10.5 Å². The Balaban J connectivity index is 1.58. The molecule has 4 heteroatoms. The zero-order valence-electron chi connectivity index (χ0n) is 19.1. The van der Waals surface area contributed by atoms with E-state index >= 15 is 0 Å². The van der Waals surface area contributed by atoms with E-state index in [-0.39, 0.29) is 5.57 Å². The monoisotopic (exact) mass is 467 g/mol. The number of thiophene rings is 1. The second kappa shape index (κ2) is 9.69. The number of fused-ring (bicyclic) bond motifs is 1. The molecule has 166 valence electrons. The molecule has 0 saturated heterocycles. The van der Waals surface area contributed by atoms with Gasteiger partial charge in [-0.15, -0.1) is 11.3 Å². The molecule has 1 aromatic heterocycles. The fraction of sp³-hybridized carbons (Fsp3) is 0.0323. The summed E-state index contributed by atoms with van der Waals surface area (Å²) in [4.78, 5) is 4.32. The Morgan fingerprint density at radius 3 is 2.17 bits per heavy atom. The van der Waals surface area contributed by atoms with Gasteiger partial charge in [-0.1, -0.05) is 66.7 Å². The van der Waals surface area contributed by atoms with Crippen molar-refractivity contribution in [3.63, 3.8) is 0 Å². The van der Waals surface area contributed by atoms with E-state index in [1.165, 1.54) is 10.8 Å². The molecule has 4 aromatic carbocycles. The molecule has 0 amide bonds. The van der Waals surface area contributed by atoms with Gasteiger partial charge in [-0.05, 0) is 65.9 Å². The van der Waals surface area contributed by atoms with Crippen LogP contribution < -0.4 is 4.90 Å². The third kappa shape index (κ3) is 4.44.